The van der Waals surface area contributed by atoms with Crippen LogP contribution >= 0.6 is 12.4 Å². The molecular weight excluding hydrogens is 248 g/mol. The van der Waals surface area contributed by atoms with Crippen molar-refractivity contribution in [2.75, 3.05) is 37.9 Å². The number of nitrogen functional groups attached to an aromatic ring is 2. The first kappa shape index (κ1) is 15.6. The van der Waals surface area contributed by atoms with Gasteiger partial charge in [0.1, 0.15) is 24.7 Å². The molecule has 0 unspecified atom stereocenters. The molecular formula is C10H17ClN2O4. The molecule has 0 saturated heterocycles. The summed E-state index contributed by atoms with van der Waals surface area (Å²) < 4.78 is 10.4. The number of nitrogens with two attached hydrogens (primary N) is 2. The first-order chi connectivity index (χ1) is 7.69. The lowest BCUT2D eigenvalue weighted by molar-refractivity contribution is 0.195. The third kappa shape index (κ3) is 4.56. The first-order valence-electron chi connectivity index (χ1n) is 4.85. The van der Waals surface area contributed by atoms with Crippen molar-refractivity contribution in [1.82, 2.24) is 0 Å². The SMILES string of the molecule is Cl.Nc1cc(N)c(OCCO)cc1OCCO. The van der Waals surface area contributed by atoms with Gasteiger partial charge in [-0.3, -0.25) is 0 Å². The molecule has 0 bridgehead atoms. The molecule has 0 radical (unpaired) electrons. The molecule has 7 heteroatoms. The lowest BCUT2D eigenvalue weighted by Gasteiger charge is -2.12. The molecule has 0 saturated carbocycles. The van der Waals surface area contributed by atoms with Crippen molar-refractivity contribution < 1.29 is 19.7 Å². The monoisotopic (exact) mass is 264 g/mol. The fraction of sp³-hybridized carbons (Fsp3) is 0.400. The number of hydrogen-bond donors (Lipinski definition) is 4. The zero-order valence-corrected chi connectivity index (χ0v) is 10.1. The second-order valence-electron chi connectivity index (χ2n) is 3.07. The van der Waals surface area contributed by atoms with Gasteiger partial charge in [-0.05, 0) is 6.07 Å². The van der Waals surface area contributed by atoms with Gasteiger partial charge >= 0.3 is 0 Å². The fourth-order valence-electron chi connectivity index (χ4n) is 1.16. The maximum atomic E-state index is 8.63. The van der Waals surface area contributed by atoms with Gasteiger partial charge in [0.15, 0.2) is 0 Å². The zero-order chi connectivity index (χ0) is 12.0. The van der Waals surface area contributed by atoms with Crippen LogP contribution < -0.4 is 20.9 Å². The molecule has 6 nitrogen and oxygen atoms in total. The molecule has 1 aromatic carbocycles. The van der Waals surface area contributed by atoms with Crippen molar-refractivity contribution in [3.63, 3.8) is 0 Å². The summed E-state index contributed by atoms with van der Waals surface area (Å²) in [6.45, 7) is 0.0917. The molecule has 98 valence electrons. The van der Waals surface area contributed by atoms with Gasteiger partial charge in [-0.1, -0.05) is 0 Å². The number of halogens is 1. The van der Waals surface area contributed by atoms with Gasteiger partial charge in [0.05, 0.1) is 24.6 Å². The normalized spacial score (nSPS) is 9.53. The fourth-order valence-corrected chi connectivity index (χ4v) is 1.16. The highest BCUT2D eigenvalue weighted by atomic mass is 35.5. The standard InChI is InChI=1S/C10H16N2O4.ClH/c11-7-5-8(12)10(16-4-2-14)6-9(7)15-3-1-13;/h5-6,13-14H,1-4,11-12H2;1H. The second-order valence-corrected chi connectivity index (χ2v) is 3.07. The Morgan fingerprint density at radius 2 is 1.29 bits per heavy atom. The Bertz CT molecular complexity index is 320. The van der Waals surface area contributed by atoms with Gasteiger partial charge in [-0.2, -0.15) is 0 Å². The number of aliphatic hydroxyl groups excluding tert-OH is 2. The quantitative estimate of drug-likeness (QED) is 0.539. The van der Waals surface area contributed by atoms with Crippen LogP contribution in [-0.4, -0.2) is 36.6 Å². The highest BCUT2D eigenvalue weighted by Gasteiger charge is 2.07. The van der Waals surface area contributed by atoms with Gasteiger partial charge < -0.3 is 31.2 Å². The zero-order valence-electron chi connectivity index (χ0n) is 9.26. The highest BCUT2D eigenvalue weighted by Crippen LogP contribution is 2.32. The molecule has 6 N–H and O–H groups in total. The van der Waals surface area contributed by atoms with Gasteiger partial charge in [0, 0.05) is 6.07 Å². The summed E-state index contributed by atoms with van der Waals surface area (Å²) in [7, 11) is 0. The van der Waals surface area contributed by atoms with Crippen molar-refractivity contribution in [3.05, 3.63) is 12.1 Å². The Kier molecular flexibility index (Phi) is 7.20. The lowest BCUT2D eigenvalue weighted by Crippen LogP contribution is -2.07. The van der Waals surface area contributed by atoms with Crippen LogP contribution in [0, 0.1) is 0 Å². The van der Waals surface area contributed by atoms with Crippen molar-refractivity contribution in [3.8, 4) is 11.5 Å². The summed E-state index contributed by atoms with van der Waals surface area (Å²) in [5, 5.41) is 17.3. The molecule has 0 aliphatic carbocycles. The molecule has 0 heterocycles. The van der Waals surface area contributed by atoms with Crippen molar-refractivity contribution in [2.45, 2.75) is 0 Å². The van der Waals surface area contributed by atoms with Crippen LogP contribution in [0.4, 0.5) is 11.4 Å². The summed E-state index contributed by atoms with van der Waals surface area (Å²) in [4.78, 5) is 0. The van der Waals surface area contributed by atoms with Gasteiger partial charge in [0.2, 0.25) is 0 Å². The second kappa shape index (κ2) is 7.83. The number of hydrogen-bond acceptors (Lipinski definition) is 6. The Morgan fingerprint density at radius 1 is 0.882 bits per heavy atom. The highest BCUT2D eigenvalue weighted by molar-refractivity contribution is 5.85. The van der Waals surface area contributed by atoms with E-state index >= 15 is 0 Å². The third-order valence-corrected chi connectivity index (χ3v) is 1.84. The van der Waals surface area contributed by atoms with Crippen LogP contribution in [0.15, 0.2) is 12.1 Å². The summed E-state index contributed by atoms with van der Waals surface area (Å²) in [5.41, 5.74) is 12.1. The predicted molar refractivity (Wildman–Crippen MR) is 67.7 cm³/mol. The molecule has 0 fully saturated rings. The van der Waals surface area contributed by atoms with E-state index < -0.39 is 0 Å². The number of ether oxygens (including phenoxy) is 2. The van der Waals surface area contributed by atoms with Crippen molar-refractivity contribution in [1.29, 1.82) is 0 Å². The Balaban J connectivity index is 0.00000256. The van der Waals surface area contributed by atoms with Crippen LogP contribution in [0.3, 0.4) is 0 Å². The smallest absolute Gasteiger partial charge is 0.146 e. The minimum absolute atomic E-state index is 0. The van der Waals surface area contributed by atoms with Crippen LogP contribution in [0.25, 0.3) is 0 Å². The molecule has 0 aliphatic rings. The number of benzene rings is 1. The van der Waals surface area contributed by atoms with E-state index in [1.807, 2.05) is 0 Å². The summed E-state index contributed by atoms with van der Waals surface area (Å²) in [6, 6.07) is 3.05. The molecule has 1 rings (SSSR count). The van der Waals surface area contributed by atoms with E-state index in [1.165, 1.54) is 12.1 Å². The largest absolute Gasteiger partial charge is 0.489 e. The van der Waals surface area contributed by atoms with E-state index in [-0.39, 0.29) is 38.8 Å². The molecule has 0 aliphatic heterocycles. The average Bonchev–Trinajstić information content (AvgIpc) is 2.26. The van der Waals surface area contributed by atoms with E-state index in [4.69, 9.17) is 31.2 Å². The summed E-state index contributed by atoms with van der Waals surface area (Å²) in [6.07, 6.45) is 0. The van der Waals surface area contributed by atoms with E-state index in [0.717, 1.165) is 0 Å². The Morgan fingerprint density at radius 3 is 1.65 bits per heavy atom. The van der Waals surface area contributed by atoms with E-state index in [9.17, 15) is 0 Å². The van der Waals surface area contributed by atoms with Gasteiger partial charge in [-0.15, -0.1) is 12.4 Å². The van der Waals surface area contributed by atoms with E-state index in [0.29, 0.717) is 22.9 Å². The summed E-state index contributed by atoms with van der Waals surface area (Å²) in [5.74, 6) is 0.798. The lowest BCUT2D eigenvalue weighted by atomic mass is 10.2. The topological polar surface area (TPSA) is 111 Å². The molecule has 0 amide bonds. The average molecular weight is 265 g/mol. The van der Waals surface area contributed by atoms with Crippen LogP contribution in [0.5, 0.6) is 11.5 Å². The molecule has 0 atom stereocenters. The predicted octanol–water partition coefficient (Wildman–Crippen LogP) is 0.0150. The van der Waals surface area contributed by atoms with Gasteiger partial charge in [-0.25, -0.2) is 0 Å². The summed E-state index contributed by atoms with van der Waals surface area (Å²) >= 11 is 0. The molecule has 1 aromatic rings. The Labute approximate surface area is 106 Å². The van der Waals surface area contributed by atoms with Crippen LogP contribution in [0.1, 0.15) is 0 Å². The molecule has 0 spiro atoms. The molecule has 0 aromatic heterocycles. The number of anilines is 2. The maximum absolute atomic E-state index is 8.63. The first-order valence-corrected chi connectivity index (χ1v) is 4.85. The van der Waals surface area contributed by atoms with Crippen LogP contribution in [-0.2, 0) is 0 Å². The Hall–Kier alpha value is -1.37. The maximum Gasteiger partial charge on any atom is 0.146 e. The number of aliphatic hydroxyl groups is 2. The van der Waals surface area contributed by atoms with E-state index in [1.54, 1.807) is 0 Å². The van der Waals surface area contributed by atoms with Crippen molar-refractivity contribution >= 4 is 23.8 Å². The van der Waals surface area contributed by atoms with E-state index in [2.05, 4.69) is 0 Å². The minimum Gasteiger partial charge on any atom is -0.489 e. The van der Waals surface area contributed by atoms with Gasteiger partial charge in [0.25, 0.3) is 0 Å². The third-order valence-electron chi connectivity index (χ3n) is 1.84. The number of rotatable bonds is 6. The van der Waals surface area contributed by atoms with Crippen molar-refractivity contribution in [2.24, 2.45) is 0 Å². The van der Waals surface area contributed by atoms with Crippen LogP contribution in [0.2, 0.25) is 0 Å². The minimum atomic E-state index is -0.101. The molecule has 17 heavy (non-hydrogen) atoms.